The monoisotopic (exact) mass is 294 g/mol. The molecule has 20 heavy (non-hydrogen) atoms. The molecular weight excluding hydrogens is 268 g/mol. The first kappa shape index (κ1) is 17.1. The van der Waals surface area contributed by atoms with Crippen LogP contribution < -0.4 is 0 Å². The van der Waals surface area contributed by atoms with Crippen molar-refractivity contribution in [1.82, 2.24) is 0 Å². The van der Waals surface area contributed by atoms with Gasteiger partial charge in [0.15, 0.2) is 0 Å². The summed E-state index contributed by atoms with van der Waals surface area (Å²) in [6.45, 7) is 14.1. The number of aldehydes is 1. The van der Waals surface area contributed by atoms with Crippen molar-refractivity contribution < 1.29 is 9.00 Å². The summed E-state index contributed by atoms with van der Waals surface area (Å²) < 4.78 is 12.8. The van der Waals surface area contributed by atoms with Crippen molar-refractivity contribution in [2.45, 2.75) is 59.8 Å². The maximum atomic E-state index is 12.8. The second-order valence-electron chi connectivity index (χ2n) is 6.26. The molecule has 2 nitrogen and oxygen atoms in total. The normalized spacial score (nSPS) is 13.3. The Morgan fingerprint density at radius 1 is 1.00 bits per heavy atom. The van der Waals surface area contributed by atoms with Gasteiger partial charge >= 0.3 is 0 Å². The van der Waals surface area contributed by atoms with Gasteiger partial charge in [-0.3, -0.25) is 4.21 Å². The second kappa shape index (κ2) is 6.21. The van der Waals surface area contributed by atoms with Crippen LogP contribution in [-0.2, 0) is 22.0 Å². The van der Waals surface area contributed by atoms with Crippen LogP contribution in [0.5, 0.6) is 0 Å². The molecule has 0 aromatic heterocycles. The zero-order chi connectivity index (χ0) is 15.7. The standard InChI is InChI=1S/C17H26O2S/c1-8-15-13(4)11(2)12(3)14(5)16(15)20(19)10-17(6,7)9-18/h9H,8,10H2,1-7H3. The molecule has 0 radical (unpaired) electrons. The van der Waals surface area contributed by atoms with Crippen LogP contribution in [0.1, 0.15) is 48.6 Å². The fraction of sp³-hybridized carbons (Fsp3) is 0.588. The Labute approximate surface area is 125 Å². The maximum absolute atomic E-state index is 12.8. The van der Waals surface area contributed by atoms with Gasteiger partial charge in [0.05, 0.1) is 10.8 Å². The lowest BCUT2D eigenvalue weighted by atomic mass is 9.93. The minimum absolute atomic E-state index is 0.381. The highest BCUT2D eigenvalue weighted by atomic mass is 32.2. The van der Waals surface area contributed by atoms with Gasteiger partial charge in [0.2, 0.25) is 0 Å². The van der Waals surface area contributed by atoms with Crippen molar-refractivity contribution in [3.05, 3.63) is 27.8 Å². The zero-order valence-electron chi connectivity index (χ0n) is 13.7. The predicted molar refractivity (Wildman–Crippen MR) is 85.9 cm³/mol. The van der Waals surface area contributed by atoms with Crippen LogP contribution >= 0.6 is 0 Å². The fourth-order valence-electron chi connectivity index (χ4n) is 2.53. The molecule has 0 aliphatic carbocycles. The molecule has 1 aromatic rings. The molecule has 0 amide bonds. The van der Waals surface area contributed by atoms with Crippen molar-refractivity contribution in [3.63, 3.8) is 0 Å². The van der Waals surface area contributed by atoms with Gasteiger partial charge in [-0.05, 0) is 61.9 Å². The first-order chi connectivity index (χ1) is 9.16. The zero-order valence-corrected chi connectivity index (χ0v) is 14.5. The van der Waals surface area contributed by atoms with E-state index >= 15 is 0 Å². The Morgan fingerprint density at radius 2 is 1.50 bits per heavy atom. The largest absolute Gasteiger partial charge is 0.303 e. The number of hydrogen-bond donors (Lipinski definition) is 0. The molecular formula is C17H26O2S. The molecule has 0 saturated carbocycles. The van der Waals surface area contributed by atoms with Gasteiger partial charge in [-0.25, -0.2) is 0 Å². The number of carbonyl (C=O) groups excluding carboxylic acids is 1. The van der Waals surface area contributed by atoms with Crippen LogP contribution in [0.3, 0.4) is 0 Å². The molecule has 0 heterocycles. The highest BCUT2D eigenvalue weighted by molar-refractivity contribution is 7.85. The molecule has 1 unspecified atom stereocenters. The fourth-order valence-corrected chi connectivity index (χ4v) is 4.49. The number of hydrogen-bond acceptors (Lipinski definition) is 2. The van der Waals surface area contributed by atoms with Crippen molar-refractivity contribution >= 4 is 17.1 Å². The van der Waals surface area contributed by atoms with Gasteiger partial charge < -0.3 is 4.79 Å². The van der Waals surface area contributed by atoms with Gasteiger partial charge in [-0.15, -0.1) is 0 Å². The maximum Gasteiger partial charge on any atom is 0.126 e. The summed E-state index contributed by atoms with van der Waals surface area (Å²) >= 11 is 0. The summed E-state index contributed by atoms with van der Waals surface area (Å²) in [7, 11) is -1.14. The summed E-state index contributed by atoms with van der Waals surface area (Å²) in [5.41, 5.74) is 5.50. The third-order valence-corrected chi connectivity index (χ3v) is 6.17. The Balaban J connectivity index is 3.45. The predicted octanol–water partition coefficient (Wildman–Crippen LogP) is 3.82. The first-order valence-corrected chi connectivity index (χ1v) is 8.42. The van der Waals surface area contributed by atoms with Crippen LogP contribution in [0.25, 0.3) is 0 Å². The molecule has 1 aromatic carbocycles. The molecule has 0 N–H and O–H groups in total. The van der Waals surface area contributed by atoms with Gasteiger partial charge in [-0.2, -0.15) is 0 Å². The van der Waals surface area contributed by atoms with Gasteiger partial charge in [0.1, 0.15) is 6.29 Å². The van der Waals surface area contributed by atoms with E-state index in [4.69, 9.17) is 0 Å². The lowest BCUT2D eigenvalue weighted by Crippen LogP contribution is -2.23. The lowest BCUT2D eigenvalue weighted by Gasteiger charge is -2.22. The van der Waals surface area contributed by atoms with E-state index in [9.17, 15) is 9.00 Å². The van der Waals surface area contributed by atoms with E-state index in [1.807, 2.05) is 20.8 Å². The van der Waals surface area contributed by atoms with E-state index in [-0.39, 0.29) is 0 Å². The van der Waals surface area contributed by atoms with Crippen molar-refractivity contribution in [2.24, 2.45) is 5.41 Å². The van der Waals surface area contributed by atoms with E-state index in [1.165, 1.54) is 22.3 Å². The Morgan fingerprint density at radius 3 is 1.95 bits per heavy atom. The van der Waals surface area contributed by atoms with Crippen molar-refractivity contribution in [3.8, 4) is 0 Å². The molecule has 0 aliphatic rings. The van der Waals surface area contributed by atoms with Gasteiger partial charge in [-0.1, -0.05) is 20.8 Å². The van der Waals surface area contributed by atoms with E-state index in [0.29, 0.717) is 5.75 Å². The van der Waals surface area contributed by atoms with E-state index in [0.717, 1.165) is 23.2 Å². The minimum atomic E-state index is -1.14. The third-order valence-electron chi connectivity index (χ3n) is 4.16. The average molecular weight is 294 g/mol. The van der Waals surface area contributed by atoms with Crippen LogP contribution in [-0.4, -0.2) is 16.2 Å². The van der Waals surface area contributed by atoms with Crippen molar-refractivity contribution in [1.29, 1.82) is 0 Å². The lowest BCUT2D eigenvalue weighted by molar-refractivity contribution is -0.113. The van der Waals surface area contributed by atoms with Gasteiger partial charge in [0, 0.05) is 16.1 Å². The van der Waals surface area contributed by atoms with E-state index in [2.05, 4.69) is 27.7 Å². The topological polar surface area (TPSA) is 34.1 Å². The number of rotatable bonds is 5. The molecule has 112 valence electrons. The SMILES string of the molecule is CCc1c(C)c(C)c(C)c(C)c1S(=O)CC(C)(C)C=O. The molecule has 1 atom stereocenters. The van der Waals surface area contributed by atoms with Crippen LogP contribution in [0.4, 0.5) is 0 Å². The summed E-state index contributed by atoms with van der Waals surface area (Å²) in [5.74, 6) is 0.381. The highest BCUT2D eigenvalue weighted by Gasteiger charge is 2.25. The smallest absolute Gasteiger partial charge is 0.126 e. The molecule has 0 fully saturated rings. The molecule has 1 rings (SSSR count). The quantitative estimate of drug-likeness (QED) is 0.774. The Hall–Kier alpha value is -0.960. The van der Waals surface area contributed by atoms with Crippen molar-refractivity contribution in [2.75, 3.05) is 5.75 Å². The summed E-state index contributed by atoms with van der Waals surface area (Å²) in [4.78, 5) is 12.0. The van der Waals surface area contributed by atoms with Gasteiger partial charge in [0.25, 0.3) is 0 Å². The molecule has 3 heteroatoms. The Kier molecular flexibility index (Phi) is 5.31. The number of carbonyl (C=O) groups is 1. The average Bonchev–Trinajstić information content (AvgIpc) is 2.39. The van der Waals surface area contributed by atoms with E-state index in [1.54, 1.807) is 0 Å². The minimum Gasteiger partial charge on any atom is -0.303 e. The third kappa shape index (κ3) is 3.20. The van der Waals surface area contributed by atoms with E-state index < -0.39 is 16.2 Å². The molecule has 0 bridgehead atoms. The molecule has 0 aliphatic heterocycles. The molecule has 0 spiro atoms. The second-order valence-corrected chi connectivity index (χ2v) is 7.65. The number of benzene rings is 1. The van der Waals surface area contributed by atoms with Crippen LogP contribution in [0.2, 0.25) is 0 Å². The summed E-state index contributed by atoms with van der Waals surface area (Å²) in [6.07, 6.45) is 1.77. The molecule has 0 saturated heterocycles. The Bertz CT molecular complexity index is 557. The van der Waals surface area contributed by atoms with Crippen LogP contribution in [0, 0.1) is 33.1 Å². The summed E-state index contributed by atoms with van der Waals surface area (Å²) in [5, 5.41) is 0. The summed E-state index contributed by atoms with van der Waals surface area (Å²) in [6, 6.07) is 0. The first-order valence-electron chi connectivity index (χ1n) is 7.10. The highest BCUT2D eigenvalue weighted by Crippen LogP contribution is 2.31. The van der Waals surface area contributed by atoms with Crippen LogP contribution in [0.15, 0.2) is 4.90 Å².